The molecule has 0 radical (unpaired) electrons. The maximum atomic E-state index is 6.01. The van der Waals surface area contributed by atoms with Gasteiger partial charge in [0.1, 0.15) is 0 Å². The van der Waals surface area contributed by atoms with E-state index in [1.165, 1.54) is 30.4 Å². The molecule has 0 bridgehead atoms. The predicted octanol–water partition coefficient (Wildman–Crippen LogP) is 3.46. The van der Waals surface area contributed by atoms with Gasteiger partial charge in [-0.25, -0.2) is 0 Å². The minimum atomic E-state index is 0.516. The van der Waals surface area contributed by atoms with Gasteiger partial charge in [0.15, 0.2) is 0 Å². The van der Waals surface area contributed by atoms with Gasteiger partial charge < -0.3 is 5.32 Å². The summed E-state index contributed by atoms with van der Waals surface area (Å²) >= 11 is 6.01. The van der Waals surface area contributed by atoms with Crippen LogP contribution < -0.4 is 5.32 Å². The average molecular weight is 210 g/mol. The Kier molecular flexibility index (Phi) is 3.09. The van der Waals surface area contributed by atoms with Gasteiger partial charge in [-0.2, -0.15) is 0 Å². The highest BCUT2D eigenvalue weighted by atomic mass is 35.5. The van der Waals surface area contributed by atoms with E-state index in [-0.39, 0.29) is 0 Å². The number of halogens is 1. The Balaban J connectivity index is 2.24. The van der Waals surface area contributed by atoms with E-state index in [9.17, 15) is 0 Å². The standard InChI is InChI=1S/C12H16ClN/c1-9-5-6-10(13)8-11(9)12-4-2-3-7-14-12/h5-6,8,12,14H,2-4,7H2,1H3/t12-/m1/s1. The quantitative estimate of drug-likeness (QED) is 0.747. The van der Waals surface area contributed by atoms with E-state index >= 15 is 0 Å². The molecule has 1 nitrogen and oxygen atoms in total. The first-order chi connectivity index (χ1) is 6.77. The third-order valence-electron chi connectivity index (χ3n) is 2.93. The van der Waals surface area contributed by atoms with Gasteiger partial charge in [0.25, 0.3) is 0 Å². The fourth-order valence-electron chi connectivity index (χ4n) is 2.10. The maximum absolute atomic E-state index is 6.01. The molecular weight excluding hydrogens is 194 g/mol. The van der Waals surface area contributed by atoms with Crippen LogP contribution >= 0.6 is 11.6 Å². The van der Waals surface area contributed by atoms with Crippen LogP contribution in [0.2, 0.25) is 5.02 Å². The van der Waals surface area contributed by atoms with E-state index in [0.717, 1.165) is 11.6 Å². The fraction of sp³-hybridized carbons (Fsp3) is 0.500. The molecule has 0 aliphatic carbocycles. The van der Waals surface area contributed by atoms with Crippen LogP contribution in [0, 0.1) is 6.92 Å². The highest BCUT2D eigenvalue weighted by molar-refractivity contribution is 6.30. The molecule has 0 aromatic heterocycles. The lowest BCUT2D eigenvalue weighted by Crippen LogP contribution is -2.27. The molecule has 1 aliphatic heterocycles. The van der Waals surface area contributed by atoms with E-state index in [0.29, 0.717) is 6.04 Å². The number of piperidine rings is 1. The first-order valence-electron chi connectivity index (χ1n) is 5.27. The van der Waals surface area contributed by atoms with Gasteiger partial charge in [-0.15, -0.1) is 0 Å². The van der Waals surface area contributed by atoms with Crippen molar-refractivity contribution in [3.8, 4) is 0 Å². The van der Waals surface area contributed by atoms with E-state index in [1.54, 1.807) is 0 Å². The summed E-state index contributed by atoms with van der Waals surface area (Å²) in [5.74, 6) is 0. The molecule has 1 atom stereocenters. The minimum absolute atomic E-state index is 0.516. The highest BCUT2D eigenvalue weighted by Crippen LogP contribution is 2.27. The van der Waals surface area contributed by atoms with Crippen molar-refractivity contribution in [1.82, 2.24) is 5.32 Å². The number of rotatable bonds is 1. The predicted molar refractivity (Wildman–Crippen MR) is 60.8 cm³/mol. The monoisotopic (exact) mass is 209 g/mol. The van der Waals surface area contributed by atoms with Crippen molar-refractivity contribution in [3.63, 3.8) is 0 Å². The first kappa shape index (κ1) is 10.0. The minimum Gasteiger partial charge on any atom is -0.310 e. The summed E-state index contributed by atoms with van der Waals surface area (Å²) in [5, 5.41) is 4.39. The fourth-order valence-corrected chi connectivity index (χ4v) is 2.28. The zero-order chi connectivity index (χ0) is 9.97. The van der Waals surface area contributed by atoms with Gasteiger partial charge in [-0.1, -0.05) is 24.1 Å². The lowest BCUT2D eigenvalue weighted by Gasteiger charge is -2.25. The zero-order valence-corrected chi connectivity index (χ0v) is 9.27. The largest absolute Gasteiger partial charge is 0.310 e. The van der Waals surface area contributed by atoms with E-state index in [2.05, 4.69) is 24.4 Å². The van der Waals surface area contributed by atoms with Crippen LogP contribution in [-0.2, 0) is 0 Å². The molecule has 1 aromatic rings. The van der Waals surface area contributed by atoms with Crippen LogP contribution in [0.1, 0.15) is 36.4 Å². The molecule has 0 saturated carbocycles. The molecule has 2 heteroatoms. The molecule has 0 spiro atoms. The van der Waals surface area contributed by atoms with Crippen LogP contribution in [-0.4, -0.2) is 6.54 Å². The van der Waals surface area contributed by atoms with Gasteiger partial charge >= 0.3 is 0 Å². The molecule has 1 heterocycles. The second-order valence-corrected chi connectivity index (χ2v) is 4.44. The van der Waals surface area contributed by atoms with Crippen molar-refractivity contribution >= 4 is 11.6 Å². The van der Waals surface area contributed by atoms with Gasteiger partial charge in [0, 0.05) is 11.1 Å². The smallest absolute Gasteiger partial charge is 0.0409 e. The number of hydrogen-bond donors (Lipinski definition) is 1. The zero-order valence-electron chi connectivity index (χ0n) is 8.52. The van der Waals surface area contributed by atoms with Gasteiger partial charge in [0.2, 0.25) is 0 Å². The van der Waals surface area contributed by atoms with Crippen molar-refractivity contribution in [2.75, 3.05) is 6.54 Å². The Morgan fingerprint density at radius 2 is 2.21 bits per heavy atom. The molecule has 76 valence electrons. The molecular formula is C12H16ClN. The molecule has 0 unspecified atom stereocenters. The highest BCUT2D eigenvalue weighted by Gasteiger charge is 2.16. The van der Waals surface area contributed by atoms with Crippen molar-refractivity contribution in [3.05, 3.63) is 34.3 Å². The first-order valence-corrected chi connectivity index (χ1v) is 5.64. The maximum Gasteiger partial charge on any atom is 0.0409 e. The van der Waals surface area contributed by atoms with Gasteiger partial charge in [-0.3, -0.25) is 0 Å². The summed E-state index contributed by atoms with van der Waals surface area (Å²) in [6, 6.07) is 6.68. The SMILES string of the molecule is Cc1ccc(Cl)cc1[C@H]1CCCCN1. The Morgan fingerprint density at radius 1 is 1.36 bits per heavy atom. The Hall–Kier alpha value is -0.530. The van der Waals surface area contributed by atoms with E-state index in [1.807, 2.05) is 6.07 Å². The molecule has 1 fully saturated rings. The van der Waals surface area contributed by atoms with Crippen LogP contribution in [0.25, 0.3) is 0 Å². The topological polar surface area (TPSA) is 12.0 Å². The third-order valence-corrected chi connectivity index (χ3v) is 3.16. The Labute approximate surface area is 90.5 Å². The van der Waals surface area contributed by atoms with Crippen molar-refractivity contribution in [1.29, 1.82) is 0 Å². The number of hydrogen-bond acceptors (Lipinski definition) is 1. The Morgan fingerprint density at radius 3 is 2.93 bits per heavy atom. The summed E-state index contributed by atoms with van der Waals surface area (Å²) in [6.45, 7) is 3.29. The summed E-state index contributed by atoms with van der Waals surface area (Å²) in [4.78, 5) is 0. The number of nitrogens with one attached hydrogen (secondary N) is 1. The summed E-state index contributed by atoms with van der Waals surface area (Å²) in [5.41, 5.74) is 2.71. The molecule has 14 heavy (non-hydrogen) atoms. The second-order valence-electron chi connectivity index (χ2n) is 4.00. The van der Waals surface area contributed by atoms with E-state index < -0.39 is 0 Å². The van der Waals surface area contributed by atoms with Crippen LogP contribution in [0.3, 0.4) is 0 Å². The van der Waals surface area contributed by atoms with Crippen molar-refractivity contribution in [2.45, 2.75) is 32.2 Å². The lowest BCUT2D eigenvalue weighted by molar-refractivity contribution is 0.411. The van der Waals surface area contributed by atoms with Gasteiger partial charge in [0.05, 0.1) is 0 Å². The van der Waals surface area contributed by atoms with E-state index in [4.69, 9.17) is 11.6 Å². The molecule has 1 aromatic carbocycles. The third kappa shape index (κ3) is 2.10. The summed E-state index contributed by atoms with van der Waals surface area (Å²) in [7, 11) is 0. The second kappa shape index (κ2) is 4.33. The average Bonchev–Trinajstić information content (AvgIpc) is 2.23. The summed E-state index contributed by atoms with van der Waals surface area (Å²) in [6.07, 6.45) is 3.86. The van der Waals surface area contributed by atoms with Crippen molar-refractivity contribution in [2.24, 2.45) is 0 Å². The molecule has 1 saturated heterocycles. The van der Waals surface area contributed by atoms with Crippen LogP contribution in [0.15, 0.2) is 18.2 Å². The number of benzene rings is 1. The van der Waals surface area contributed by atoms with Crippen LogP contribution in [0.5, 0.6) is 0 Å². The normalized spacial score (nSPS) is 22.3. The van der Waals surface area contributed by atoms with Gasteiger partial charge in [-0.05, 0) is 49.6 Å². The summed E-state index contributed by atoms with van der Waals surface area (Å²) < 4.78 is 0. The molecule has 0 amide bonds. The van der Waals surface area contributed by atoms with Crippen LogP contribution in [0.4, 0.5) is 0 Å². The van der Waals surface area contributed by atoms with Crippen molar-refractivity contribution < 1.29 is 0 Å². The Bertz CT molecular complexity index is 316. The lowest BCUT2D eigenvalue weighted by atomic mass is 9.94. The number of aryl methyl sites for hydroxylation is 1. The molecule has 1 aliphatic rings. The molecule has 2 rings (SSSR count). The molecule has 1 N–H and O–H groups in total.